The van der Waals surface area contributed by atoms with E-state index in [0.717, 1.165) is 5.56 Å². The largest absolute Gasteiger partial charge is 0.354 e. The number of halogens is 3. The number of benzene rings is 1. The van der Waals surface area contributed by atoms with Crippen LogP contribution in [0.3, 0.4) is 0 Å². The van der Waals surface area contributed by atoms with E-state index < -0.39 is 6.61 Å². The number of nitrogens with zero attached hydrogens (tertiary/aromatic N) is 4. The molecule has 8 nitrogen and oxygen atoms in total. The number of aromatic nitrogens is 2. The summed E-state index contributed by atoms with van der Waals surface area (Å²) in [6, 6.07) is 6.09. The quantitative estimate of drug-likeness (QED) is 0.512. The third-order valence-electron chi connectivity index (χ3n) is 5.03. The van der Waals surface area contributed by atoms with E-state index in [1.54, 1.807) is 12.1 Å². The molecule has 0 unspecified atom stereocenters. The second kappa shape index (κ2) is 11.5. The topological polar surface area (TPSA) is 91.7 Å². The number of likely N-dealkylation sites (tertiary alicyclic amines) is 1. The summed E-state index contributed by atoms with van der Waals surface area (Å²) in [7, 11) is 0. The molecule has 2 N–H and O–H groups in total. The van der Waals surface area contributed by atoms with E-state index in [1.165, 1.54) is 18.3 Å². The zero-order valence-electron chi connectivity index (χ0n) is 17.4. The summed E-state index contributed by atoms with van der Waals surface area (Å²) in [5.41, 5.74) is 1.16. The fourth-order valence-corrected chi connectivity index (χ4v) is 3.40. The lowest BCUT2D eigenvalue weighted by atomic mass is 10.1. The van der Waals surface area contributed by atoms with Gasteiger partial charge in [-0.2, -0.15) is 13.8 Å². The molecule has 1 saturated heterocycles. The van der Waals surface area contributed by atoms with Gasteiger partial charge in [0.2, 0.25) is 5.95 Å². The van der Waals surface area contributed by atoms with Crippen LogP contribution < -0.4 is 10.6 Å². The van der Waals surface area contributed by atoms with E-state index in [1.807, 2.05) is 4.90 Å². The van der Waals surface area contributed by atoms with Gasteiger partial charge in [0.1, 0.15) is 11.4 Å². The van der Waals surface area contributed by atoms with E-state index in [9.17, 15) is 18.0 Å². The number of anilines is 1. The summed E-state index contributed by atoms with van der Waals surface area (Å²) in [5.74, 6) is -0.202. The van der Waals surface area contributed by atoms with E-state index in [-0.39, 0.29) is 35.8 Å². The van der Waals surface area contributed by atoms with Crippen molar-refractivity contribution >= 4 is 24.4 Å². The minimum Gasteiger partial charge on any atom is -0.354 e. The number of aliphatic imine (C=N–C) groups is 1. The maximum Gasteiger partial charge on any atom is 0.345 e. The predicted octanol–water partition coefficient (Wildman–Crippen LogP) is 2.65. The normalized spacial score (nSPS) is 16.3. The molecule has 1 aliphatic heterocycles. The van der Waals surface area contributed by atoms with Crippen molar-refractivity contribution in [2.75, 3.05) is 38.1 Å². The third kappa shape index (κ3) is 6.99. The van der Waals surface area contributed by atoms with Gasteiger partial charge in [-0.05, 0) is 37.3 Å². The van der Waals surface area contributed by atoms with Crippen molar-refractivity contribution in [3.63, 3.8) is 0 Å². The van der Waals surface area contributed by atoms with Crippen molar-refractivity contribution in [1.29, 1.82) is 0 Å². The molecule has 32 heavy (non-hydrogen) atoms. The number of hydrogen-bond donors (Lipinski definition) is 2. The first kappa shape index (κ1) is 23.6. The molecule has 0 aliphatic carbocycles. The highest BCUT2D eigenvalue weighted by molar-refractivity contribution is 5.98. The maximum absolute atomic E-state index is 13.0. The molecule has 172 valence electrons. The second-order valence-corrected chi connectivity index (χ2v) is 7.28. The number of rotatable bonds is 11. The van der Waals surface area contributed by atoms with Crippen LogP contribution in [0.15, 0.2) is 35.5 Å². The SMILES string of the molecule is C=Nc1nc(NCCc2ccc(F)cc2)ncc1C(=O)N[C@H]1CCN(CCOC(F)F)C1. The zero-order chi connectivity index (χ0) is 22.9. The fourth-order valence-electron chi connectivity index (χ4n) is 3.40. The van der Waals surface area contributed by atoms with Crippen LogP contribution in [0.2, 0.25) is 0 Å². The monoisotopic (exact) mass is 450 g/mol. The second-order valence-electron chi connectivity index (χ2n) is 7.28. The maximum atomic E-state index is 13.0. The van der Waals surface area contributed by atoms with Crippen LogP contribution in [0, 0.1) is 5.82 Å². The van der Waals surface area contributed by atoms with Crippen molar-refractivity contribution < 1.29 is 22.7 Å². The summed E-state index contributed by atoms with van der Waals surface area (Å²) in [4.78, 5) is 26.8. The molecule has 2 heterocycles. The molecule has 1 aliphatic rings. The van der Waals surface area contributed by atoms with Gasteiger partial charge in [0.15, 0.2) is 5.82 Å². The molecule has 1 aromatic heterocycles. The lowest BCUT2D eigenvalue weighted by molar-refractivity contribution is -0.131. The molecule has 3 rings (SSSR count). The van der Waals surface area contributed by atoms with Gasteiger partial charge < -0.3 is 15.4 Å². The first-order chi connectivity index (χ1) is 15.4. The third-order valence-corrected chi connectivity index (χ3v) is 5.03. The summed E-state index contributed by atoms with van der Waals surface area (Å²) in [6.07, 6.45) is 2.72. The van der Waals surface area contributed by atoms with Crippen molar-refractivity contribution in [2.24, 2.45) is 4.99 Å². The molecule has 1 atom stereocenters. The van der Waals surface area contributed by atoms with Gasteiger partial charge in [-0.1, -0.05) is 12.1 Å². The number of amides is 1. The number of alkyl halides is 2. The number of nitrogens with one attached hydrogen (secondary N) is 2. The fraction of sp³-hybridized carbons (Fsp3) is 0.429. The van der Waals surface area contributed by atoms with Gasteiger partial charge in [0.25, 0.3) is 5.91 Å². The highest BCUT2D eigenvalue weighted by Crippen LogP contribution is 2.18. The van der Waals surface area contributed by atoms with Gasteiger partial charge in [-0.3, -0.25) is 9.69 Å². The van der Waals surface area contributed by atoms with Crippen molar-refractivity contribution in [3.8, 4) is 0 Å². The smallest absolute Gasteiger partial charge is 0.345 e. The molecule has 1 aromatic carbocycles. The Hall–Kier alpha value is -3.05. The van der Waals surface area contributed by atoms with Crippen molar-refractivity contribution in [3.05, 3.63) is 47.4 Å². The molecule has 0 radical (unpaired) electrons. The molecule has 2 aromatic rings. The molecule has 1 fully saturated rings. The van der Waals surface area contributed by atoms with E-state index >= 15 is 0 Å². The number of ether oxygens (including phenoxy) is 1. The van der Waals surface area contributed by atoms with Gasteiger partial charge in [-0.25, -0.2) is 14.4 Å². The molecule has 0 bridgehead atoms. The standard InChI is InChI=1S/C21H25F3N6O2/c1-25-18-17(19(31)28-16-7-9-30(13-16)10-11-32-20(23)24)12-27-21(29-18)26-8-6-14-2-4-15(22)5-3-14/h2-5,12,16,20H,1,6-11,13H2,(H,28,31)(H,26,27,29)/t16-/m0/s1. The van der Waals surface area contributed by atoms with E-state index in [2.05, 4.69) is 37.0 Å². The van der Waals surface area contributed by atoms with Gasteiger partial charge in [0.05, 0.1) is 6.61 Å². The first-order valence-corrected chi connectivity index (χ1v) is 10.2. The minimum absolute atomic E-state index is 0.0632. The molecule has 0 spiro atoms. The highest BCUT2D eigenvalue weighted by atomic mass is 19.3. The Balaban J connectivity index is 1.49. The summed E-state index contributed by atoms with van der Waals surface area (Å²) in [6.45, 7) is 2.74. The number of carbonyl (C=O) groups is 1. The minimum atomic E-state index is -2.78. The Labute approximate surface area is 183 Å². The highest BCUT2D eigenvalue weighted by Gasteiger charge is 2.25. The Bertz CT molecular complexity index is 913. The van der Waals surface area contributed by atoms with E-state index in [4.69, 9.17) is 0 Å². The van der Waals surface area contributed by atoms with Crippen LogP contribution >= 0.6 is 0 Å². The average molecular weight is 450 g/mol. The molecule has 11 heteroatoms. The van der Waals surface area contributed by atoms with Crippen LogP contribution in [0.5, 0.6) is 0 Å². The Morgan fingerprint density at radius 3 is 2.84 bits per heavy atom. The molecule has 0 saturated carbocycles. The van der Waals surface area contributed by atoms with Crippen LogP contribution in [0.1, 0.15) is 22.3 Å². The Morgan fingerprint density at radius 1 is 1.34 bits per heavy atom. The van der Waals surface area contributed by atoms with Crippen LogP contribution in [0.25, 0.3) is 0 Å². The summed E-state index contributed by atoms with van der Waals surface area (Å²) < 4.78 is 41.4. The van der Waals surface area contributed by atoms with Gasteiger partial charge in [0, 0.05) is 38.4 Å². The Kier molecular flexibility index (Phi) is 8.51. The molecule has 1 amide bonds. The predicted molar refractivity (Wildman–Crippen MR) is 114 cm³/mol. The van der Waals surface area contributed by atoms with Crippen molar-refractivity contribution in [1.82, 2.24) is 20.2 Å². The lowest BCUT2D eigenvalue weighted by Crippen LogP contribution is -2.37. The Morgan fingerprint density at radius 2 is 2.12 bits per heavy atom. The van der Waals surface area contributed by atoms with Crippen LogP contribution in [0.4, 0.5) is 24.9 Å². The number of carbonyl (C=O) groups excluding carboxylic acids is 1. The number of hydrogen-bond acceptors (Lipinski definition) is 7. The molecular formula is C21H25F3N6O2. The summed E-state index contributed by atoms with van der Waals surface area (Å²) in [5, 5.41) is 5.95. The van der Waals surface area contributed by atoms with Gasteiger partial charge >= 0.3 is 6.61 Å². The lowest BCUT2D eigenvalue weighted by Gasteiger charge is -2.17. The van der Waals surface area contributed by atoms with Crippen molar-refractivity contribution in [2.45, 2.75) is 25.5 Å². The van der Waals surface area contributed by atoms with E-state index in [0.29, 0.717) is 45.0 Å². The zero-order valence-corrected chi connectivity index (χ0v) is 17.4. The van der Waals surface area contributed by atoms with Gasteiger partial charge in [-0.15, -0.1) is 0 Å². The van der Waals surface area contributed by atoms with Crippen LogP contribution in [-0.4, -0.2) is 72.9 Å². The average Bonchev–Trinajstić information content (AvgIpc) is 3.21. The summed E-state index contributed by atoms with van der Waals surface area (Å²) >= 11 is 0. The van der Waals surface area contributed by atoms with Crippen LogP contribution in [-0.2, 0) is 11.2 Å². The first-order valence-electron chi connectivity index (χ1n) is 10.2. The molecular weight excluding hydrogens is 425 g/mol.